The SMILES string of the molecule is CCCC(=O)N1C(=O)O[C@@H](c2ccccc2)[C@H]1C. The second-order valence-corrected chi connectivity index (χ2v) is 4.47. The van der Waals surface area contributed by atoms with Crippen LogP contribution in [0.15, 0.2) is 30.3 Å². The van der Waals surface area contributed by atoms with Crippen molar-refractivity contribution in [3.63, 3.8) is 0 Å². The van der Waals surface area contributed by atoms with Crippen molar-refractivity contribution in [2.45, 2.75) is 38.8 Å². The zero-order valence-corrected chi connectivity index (χ0v) is 10.6. The van der Waals surface area contributed by atoms with E-state index in [0.29, 0.717) is 6.42 Å². The summed E-state index contributed by atoms with van der Waals surface area (Å²) in [5.41, 5.74) is 0.921. The Morgan fingerprint density at radius 2 is 2.00 bits per heavy atom. The van der Waals surface area contributed by atoms with Gasteiger partial charge in [-0.15, -0.1) is 0 Å². The molecule has 2 rings (SSSR count). The predicted octanol–water partition coefficient (Wildman–Crippen LogP) is 2.90. The molecule has 18 heavy (non-hydrogen) atoms. The average Bonchev–Trinajstić information content (AvgIpc) is 2.66. The van der Waals surface area contributed by atoms with E-state index < -0.39 is 6.09 Å². The fourth-order valence-corrected chi connectivity index (χ4v) is 2.22. The van der Waals surface area contributed by atoms with Crippen molar-refractivity contribution in [1.82, 2.24) is 4.90 Å². The van der Waals surface area contributed by atoms with Crippen LogP contribution in [-0.4, -0.2) is 22.9 Å². The smallest absolute Gasteiger partial charge is 0.417 e. The molecule has 1 aliphatic rings. The van der Waals surface area contributed by atoms with Gasteiger partial charge in [0.15, 0.2) is 0 Å². The molecular weight excluding hydrogens is 230 g/mol. The lowest BCUT2D eigenvalue weighted by Gasteiger charge is -2.19. The Morgan fingerprint density at radius 3 is 2.61 bits per heavy atom. The average molecular weight is 247 g/mol. The van der Waals surface area contributed by atoms with Crippen LogP contribution in [0.4, 0.5) is 4.79 Å². The van der Waals surface area contributed by atoms with Crippen molar-refractivity contribution in [2.24, 2.45) is 0 Å². The van der Waals surface area contributed by atoms with Crippen molar-refractivity contribution in [1.29, 1.82) is 0 Å². The monoisotopic (exact) mass is 247 g/mol. The summed E-state index contributed by atoms with van der Waals surface area (Å²) in [6.45, 7) is 3.76. The number of carbonyl (C=O) groups excluding carboxylic acids is 2. The molecule has 4 nitrogen and oxygen atoms in total. The molecule has 4 heteroatoms. The first-order valence-corrected chi connectivity index (χ1v) is 6.22. The van der Waals surface area contributed by atoms with E-state index in [1.807, 2.05) is 44.2 Å². The highest BCUT2D eigenvalue weighted by Gasteiger charge is 2.42. The Hall–Kier alpha value is -1.84. The maximum Gasteiger partial charge on any atom is 0.417 e. The Morgan fingerprint density at radius 1 is 1.33 bits per heavy atom. The van der Waals surface area contributed by atoms with E-state index in [-0.39, 0.29) is 18.1 Å². The maximum atomic E-state index is 11.9. The molecule has 1 aliphatic heterocycles. The predicted molar refractivity (Wildman–Crippen MR) is 66.9 cm³/mol. The molecule has 2 atom stereocenters. The number of hydrogen-bond acceptors (Lipinski definition) is 3. The highest BCUT2D eigenvalue weighted by atomic mass is 16.6. The minimum Gasteiger partial charge on any atom is -0.439 e. The van der Waals surface area contributed by atoms with Crippen LogP contribution in [0.2, 0.25) is 0 Å². The molecule has 0 N–H and O–H groups in total. The molecule has 0 saturated carbocycles. The number of benzene rings is 1. The van der Waals surface area contributed by atoms with E-state index in [1.54, 1.807) is 0 Å². The molecule has 0 spiro atoms. The number of imide groups is 1. The Balaban J connectivity index is 2.19. The number of rotatable bonds is 3. The first kappa shape index (κ1) is 12.6. The molecule has 0 unspecified atom stereocenters. The van der Waals surface area contributed by atoms with Crippen LogP contribution in [0.5, 0.6) is 0 Å². The van der Waals surface area contributed by atoms with Crippen LogP contribution >= 0.6 is 0 Å². The molecule has 0 aliphatic carbocycles. The van der Waals surface area contributed by atoms with Crippen LogP contribution in [0, 0.1) is 0 Å². The number of amides is 2. The number of hydrogen-bond donors (Lipinski definition) is 0. The lowest BCUT2D eigenvalue weighted by molar-refractivity contribution is -0.129. The maximum absolute atomic E-state index is 11.9. The molecule has 1 aromatic rings. The molecule has 0 aromatic heterocycles. The van der Waals surface area contributed by atoms with Crippen LogP contribution in [0.25, 0.3) is 0 Å². The third kappa shape index (κ3) is 2.23. The summed E-state index contributed by atoms with van der Waals surface area (Å²) in [5, 5.41) is 0. The summed E-state index contributed by atoms with van der Waals surface area (Å²) < 4.78 is 5.31. The summed E-state index contributed by atoms with van der Waals surface area (Å²) >= 11 is 0. The van der Waals surface area contributed by atoms with Crippen molar-refractivity contribution in [3.8, 4) is 0 Å². The third-order valence-corrected chi connectivity index (χ3v) is 3.13. The quantitative estimate of drug-likeness (QED) is 0.825. The lowest BCUT2D eigenvalue weighted by Crippen LogP contribution is -2.37. The molecule has 2 amide bonds. The number of carbonyl (C=O) groups is 2. The van der Waals surface area contributed by atoms with E-state index in [4.69, 9.17) is 4.74 Å². The number of cyclic esters (lactones) is 1. The first-order chi connectivity index (χ1) is 8.65. The highest BCUT2D eigenvalue weighted by molar-refractivity contribution is 5.93. The van der Waals surface area contributed by atoms with Gasteiger partial charge in [-0.1, -0.05) is 37.3 Å². The summed E-state index contributed by atoms with van der Waals surface area (Å²) in [5.74, 6) is -0.159. The van der Waals surface area contributed by atoms with Gasteiger partial charge in [0.1, 0.15) is 6.10 Å². The Bertz CT molecular complexity index is 444. The summed E-state index contributed by atoms with van der Waals surface area (Å²) in [6.07, 6.45) is 0.209. The van der Waals surface area contributed by atoms with Crippen molar-refractivity contribution >= 4 is 12.0 Å². The normalized spacial score (nSPS) is 23.0. The summed E-state index contributed by atoms with van der Waals surface area (Å²) in [6, 6.07) is 9.26. The van der Waals surface area contributed by atoms with Crippen molar-refractivity contribution in [3.05, 3.63) is 35.9 Å². The van der Waals surface area contributed by atoms with E-state index in [2.05, 4.69) is 0 Å². The number of nitrogens with zero attached hydrogens (tertiary/aromatic N) is 1. The Kier molecular flexibility index (Phi) is 3.65. The van der Waals surface area contributed by atoms with Gasteiger partial charge < -0.3 is 4.74 Å². The molecule has 1 saturated heterocycles. The molecule has 1 fully saturated rings. The standard InChI is InChI=1S/C14H17NO3/c1-3-7-12(16)15-10(2)13(18-14(15)17)11-8-5-4-6-9-11/h4-6,8-10,13H,3,7H2,1-2H3/t10-,13-/m1/s1. The Labute approximate surface area is 107 Å². The van der Waals surface area contributed by atoms with E-state index >= 15 is 0 Å². The molecule has 1 aromatic carbocycles. The molecule has 96 valence electrons. The minimum absolute atomic E-state index is 0.159. The van der Waals surface area contributed by atoms with E-state index in [1.165, 1.54) is 4.90 Å². The fourth-order valence-electron chi connectivity index (χ4n) is 2.22. The lowest BCUT2D eigenvalue weighted by atomic mass is 10.0. The summed E-state index contributed by atoms with van der Waals surface area (Å²) in [7, 11) is 0. The molecular formula is C14H17NO3. The van der Waals surface area contributed by atoms with Crippen LogP contribution in [0.3, 0.4) is 0 Å². The third-order valence-electron chi connectivity index (χ3n) is 3.13. The minimum atomic E-state index is -0.533. The van der Waals surface area contributed by atoms with Crippen LogP contribution in [0.1, 0.15) is 38.4 Å². The molecule has 1 heterocycles. The number of ether oxygens (including phenoxy) is 1. The second kappa shape index (κ2) is 5.21. The van der Waals surface area contributed by atoms with Gasteiger partial charge in [-0.05, 0) is 18.9 Å². The fraction of sp³-hybridized carbons (Fsp3) is 0.429. The van der Waals surface area contributed by atoms with Gasteiger partial charge in [0.05, 0.1) is 6.04 Å². The second-order valence-electron chi connectivity index (χ2n) is 4.47. The first-order valence-electron chi connectivity index (χ1n) is 6.22. The van der Waals surface area contributed by atoms with Gasteiger partial charge in [0.2, 0.25) is 5.91 Å². The van der Waals surface area contributed by atoms with Crippen molar-refractivity contribution in [2.75, 3.05) is 0 Å². The summed E-state index contributed by atoms with van der Waals surface area (Å²) in [4.78, 5) is 24.9. The molecule has 0 bridgehead atoms. The van der Waals surface area contributed by atoms with Gasteiger partial charge in [0, 0.05) is 6.42 Å². The van der Waals surface area contributed by atoms with E-state index in [0.717, 1.165) is 12.0 Å². The highest BCUT2D eigenvalue weighted by Crippen LogP contribution is 2.32. The van der Waals surface area contributed by atoms with Gasteiger partial charge in [-0.2, -0.15) is 0 Å². The van der Waals surface area contributed by atoms with E-state index in [9.17, 15) is 9.59 Å². The van der Waals surface area contributed by atoms with Gasteiger partial charge in [-0.25, -0.2) is 9.69 Å². The van der Waals surface area contributed by atoms with Gasteiger partial charge in [0.25, 0.3) is 0 Å². The van der Waals surface area contributed by atoms with Crippen molar-refractivity contribution < 1.29 is 14.3 Å². The topological polar surface area (TPSA) is 46.6 Å². The van der Waals surface area contributed by atoms with Crippen LogP contribution < -0.4 is 0 Å². The van der Waals surface area contributed by atoms with Gasteiger partial charge in [-0.3, -0.25) is 4.79 Å². The largest absolute Gasteiger partial charge is 0.439 e. The van der Waals surface area contributed by atoms with Gasteiger partial charge >= 0.3 is 6.09 Å². The zero-order chi connectivity index (χ0) is 13.1. The zero-order valence-electron chi connectivity index (χ0n) is 10.6. The molecule has 0 radical (unpaired) electrons. The van der Waals surface area contributed by atoms with Crippen LogP contribution in [-0.2, 0) is 9.53 Å².